The van der Waals surface area contributed by atoms with Gasteiger partial charge < -0.3 is 26.2 Å². The fourth-order valence-corrected chi connectivity index (χ4v) is 5.25. The summed E-state index contributed by atoms with van der Waals surface area (Å²) < 4.78 is 6.11. The molecule has 1 aromatic carbocycles. The molecule has 5 N–H and O–H groups in total. The highest BCUT2D eigenvalue weighted by Crippen LogP contribution is 2.36. The van der Waals surface area contributed by atoms with E-state index in [4.69, 9.17) is 10.5 Å². The number of nitrogens with zero attached hydrogens (tertiary/aromatic N) is 1. The molecule has 0 radical (unpaired) electrons. The van der Waals surface area contributed by atoms with Gasteiger partial charge in [0.15, 0.2) is 6.73 Å². The normalized spacial score (nSPS) is 23.3. The lowest BCUT2D eigenvalue weighted by Crippen LogP contribution is -2.50. The molecule has 0 spiro atoms. The summed E-state index contributed by atoms with van der Waals surface area (Å²) in [6.45, 7) is 5.52. The lowest BCUT2D eigenvalue weighted by Gasteiger charge is -2.38. The minimum atomic E-state index is -0.488. The number of carbonyl (C=O) groups excluding carboxylic acids is 1. The number of hydrogen-bond donors (Lipinski definition) is 4. The molecule has 34 heavy (non-hydrogen) atoms. The summed E-state index contributed by atoms with van der Waals surface area (Å²) in [5, 5.41) is 17.2. The van der Waals surface area contributed by atoms with Crippen LogP contribution < -0.4 is 21.1 Å². The smallest absolute Gasteiger partial charge is 0.260 e. The highest BCUT2D eigenvalue weighted by atomic mass is 16.5. The summed E-state index contributed by atoms with van der Waals surface area (Å²) in [7, 11) is 1.87. The van der Waals surface area contributed by atoms with Crippen LogP contribution in [0.25, 0.3) is 0 Å². The molecule has 0 unspecified atom stereocenters. The second kappa shape index (κ2) is 10.7. The van der Waals surface area contributed by atoms with Crippen LogP contribution in [0.1, 0.15) is 59.2 Å². The van der Waals surface area contributed by atoms with E-state index in [2.05, 4.69) is 29.7 Å². The van der Waals surface area contributed by atoms with Crippen molar-refractivity contribution in [3.8, 4) is 5.75 Å². The molecule has 0 bridgehead atoms. The Labute approximate surface area is 202 Å². The molecule has 1 aromatic rings. The summed E-state index contributed by atoms with van der Waals surface area (Å²) in [4.78, 5) is 15.3. The number of rotatable bonds is 6. The predicted molar refractivity (Wildman–Crippen MR) is 135 cm³/mol. The molecule has 7 nitrogen and oxygen atoms in total. The standard InChI is InChI=1S/C27H38N4O3/c1-17-18(2)26-22(27(33)31(16-34-26)24-7-5-4-6-8-25(24)32)12-20(17)11-19-9-10-23(30-14-19)21(13-28)15-29-3/h9-10,12,15,24-25,29-30,32H,4-8,11,13-14,16,28H2,1-3H3/b21-15+/t24-,25-/m0/s1. The molecule has 2 heterocycles. The maximum atomic E-state index is 13.6. The van der Waals surface area contributed by atoms with Crippen molar-refractivity contribution in [2.45, 2.75) is 64.5 Å². The van der Waals surface area contributed by atoms with Gasteiger partial charge in [-0.2, -0.15) is 0 Å². The molecule has 1 amide bonds. The number of dihydropyridines is 1. The van der Waals surface area contributed by atoms with Crippen LogP contribution in [0.5, 0.6) is 5.75 Å². The first-order chi connectivity index (χ1) is 16.4. The molecule has 2 aliphatic heterocycles. The first-order valence-corrected chi connectivity index (χ1v) is 12.4. The van der Waals surface area contributed by atoms with E-state index in [9.17, 15) is 9.90 Å². The lowest BCUT2D eigenvalue weighted by molar-refractivity contribution is 0.000282. The Morgan fingerprint density at radius 2 is 2.06 bits per heavy atom. The Bertz CT molecular complexity index is 1030. The summed E-state index contributed by atoms with van der Waals surface area (Å²) in [5.41, 5.74) is 13.1. The summed E-state index contributed by atoms with van der Waals surface area (Å²) in [6.07, 6.45) is 11.1. The molecule has 1 aliphatic carbocycles. The van der Waals surface area contributed by atoms with Crippen molar-refractivity contribution in [3.05, 3.63) is 63.5 Å². The van der Waals surface area contributed by atoms with Crippen LogP contribution in [0.3, 0.4) is 0 Å². The second-order valence-electron chi connectivity index (χ2n) is 9.58. The molecule has 184 valence electrons. The van der Waals surface area contributed by atoms with E-state index in [0.29, 0.717) is 17.9 Å². The number of amides is 1. The molecular weight excluding hydrogens is 428 g/mol. The second-order valence-corrected chi connectivity index (χ2v) is 9.58. The highest BCUT2D eigenvalue weighted by Gasteiger charge is 2.36. The molecule has 2 atom stereocenters. The van der Waals surface area contributed by atoms with Crippen LogP contribution in [0.4, 0.5) is 0 Å². The molecule has 0 aromatic heterocycles. The number of ether oxygens (including phenoxy) is 1. The van der Waals surface area contributed by atoms with Crippen molar-refractivity contribution >= 4 is 5.91 Å². The average molecular weight is 467 g/mol. The summed E-state index contributed by atoms with van der Waals surface area (Å²) in [5.74, 6) is 0.660. The van der Waals surface area contributed by atoms with E-state index >= 15 is 0 Å². The topological polar surface area (TPSA) is 99.8 Å². The zero-order valence-corrected chi connectivity index (χ0v) is 20.6. The number of aliphatic hydroxyl groups excluding tert-OH is 1. The van der Waals surface area contributed by atoms with Gasteiger partial charge in [-0.3, -0.25) is 9.69 Å². The van der Waals surface area contributed by atoms with Gasteiger partial charge in [0.2, 0.25) is 0 Å². The van der Waals surface area contributed by atoms with E-state index < -0.39 is 6.10 Å². The molecule has 1 saturated carbocycles. The van der Waals surface area contributed by atoms with Crippen LogP contribution >= 0.6 is 0 Å². The van der Waals surface area contributed by atoms with Crippen LogP contribution in [0.15, 0.2) is 41.3 Å². The third kappa shape index (κ3) is 4.86. The number of benzene rings is 1. The van der Waals surface area contributed by atoms with Crippen LogP contribution in [-0.4, -0.2) is 54.9 Å². The van der Waals surface area contributed by atoms with E-state index in [-0.39, 0.29) is 18.7 Å². The molecule has 7 heteroatoms. The Hall–Kier alpha value is -2.77. The highest BCUT2D eigenvalue weighted by molar-refractivity contribution is 5.99. The van der Waals surface area contributed by atoms with E-state index in [1.54, 1.807) is 4.90 Å². The number of aliphatic hydroxyl groups is 1. The minimum Gasteiger partial charge on any atom is -0.472 e. The average Bonchev–Trinajstić information content (AvgIpc) is 3.06. The lowest BCUT2D eigenvalue weighted by atomic mass is 9.91. The van der Waals surface area contributed by atoms with Crippen LogP contribution in [0.2, 0.25) is 0 Å². The number of nitrogens with two attached hydrogens (primary N) is 1. The van der Waals surface area contributed by atoms with Gasteiger partial charge >= 0.3 is 0 Å². The molecular formula is C27H38N4O3. The van der Waals surface area contributed by atoms with Crippen LogP contribution in [0, 0.1) is 13.8 Å². The molecule has 4 rings (SSSR count). The fourth-order valence-electron chi connectivity index (χ4n) is 5.25. The number of fused-ring (bicyclic) bond motifs is 1. The zero-order chi connectivity index (χ0) is 24.2. The van der Waals surface area contributed by atoms with Gasteiger partial charge in [0.25, 0.3) is 5.91 Å². The first-order valence-electron chi connectivity index (χ1n) is 12.4. The zero-order valence-electron chi connectivity index (χ0n) is 20.6. The number of allylic oxidation sites excluding steroid dienone is 2. The molecule has 1 fully saturated rings. The van der Waals surface area contributed by atoms with Gasteiger partial charge in [0.05, 0.1) is 17.7 Å². The number of hydrogen-bond acceptors (Lipinski definition) is 6. The molecule has 3 aliphatic rings. The maximum absolute atomic E-state index is 13.6. The van der Waals surface area contributed by atoms with Gasteiger partial charge in [-0.25, -0.2) is 0 Å². The third-order valence-corrected chi connectivity index (χ3v) is 7.43. The van der Waals surface area contributed by atoms with Crippen molar-refractivity contribution in [2.75, 3.05) is 26.9 Å². The third-order valence-electron chi connectivity index (χ3n) is 7.43. The maximum Gasteiger partial charge on any atom is 0.260 e. The van der Waals surface area contributed by atoms with Crippen LogP contribution in [-0.2, 0) is 6.42 Å². The van der Waals surface area contributed by atoms with E-state index in [1.165, 1.54) is 5.57 Å². The van der Waals surface area contributed by atoms with Gasteiger partial charge in [-0.15, -0.1) is 0 Å². The SMILES string of the molecule is CN/C=C(\CN)C1=CC=C(Cc2cc3c(c(C)c2C)OCN([C@H]2CCCCC[C@@H]2O)C3=O)CN1. The van der Waals surface area contributed by atoms with Crippen molar-refractivity contribution in [3.63, 3.8) is 0 Å². The monoisotopic (exact) mass is 466 g/mol. The van der Waals surface area contributed by atoms with Crippen molar-refractivity contribution in [1.29, 1.82) is 0 Å². The number of nitrogens with one attached hydrogen (secondary N) is 2. The first kappa shape index (κ1) is 24.4. The van der Waals surface area contributed by atoms with Gasteiger partial charge in [0, 0.05) is 37.6 Å². The fraction of sp³-hybridized carbons (Fsp3) is 0.519. The predicted octanol–water partition coefficient (Wildman–Crippen LogP) is 2.81. The molecule has 0 saturated heterocycles. The van der Waals surface area contributed by atoms with E-state index in [0.717, 1.165) is 73.0 Å². The summed E-state index contributed by atoms with van der Waals surface area (Å²) >= 11 is 0. The van der Waals surface area contributed by atoms with Crippen molar-refractivity contribution < 1.29 is 14.6 Å². The Morgan fingerprint density at radius 3 is 2.76 bits per heavy atom. The van der Waals surface area contributed by atoms with Crippen molar-refractivity contribution in [1.82, 2.24) is 15.5 Å². The van der Waals surface area contributed by atoms with Crippen molar-refractivity contribution in [2.24, 2.45) is 5.73 Å². The minimum absolute atomic E-state index is 0.0285. The Balaban J connectivity index is 1.59. The van der Waals surface area contributed by atoms with Gasteiger partial charge in [-0.1, -0.05) is 25.3 Å². The van der Waals surface area contributed by atoms with E-state index in [1.807, 2.05) is 26.2 Å². The Morgan fingerprint density at radius 1 is 1.26 bits per heavy atom. The summed E-state index contributed by atoms with van der Waals surface area (Å²) in [6, 6.07) is 1.83. The van der Waals surface area contributed by atoms with Gasteiger partial charge in [0.1, 0.15) is 5.75 Å². The largest absolute Gasteiger partial charge is 0.472 e. The quantitative estimate of drug-likeness (QED) is 0.481. The number of carbonyl (C=O) groups is 1. The van der Waals surface area contributed by atoms with Gasteiger partial charge in [-0.05, 0) is 67.5 Å². The Kier molecular flexibility index (Phi) is 7.63.